The van der Waals surface area contributed by atoms with Gasteiger partial charge in [0.15, 0.2) is 5.58 Å². The van der Waals surface area contributed by atoms with Gasteiger partial charge in [0.2, 0.25) is 0 Å². The van der Waals surface area contributed by atoms with E-state index in [4.69, 9.17) is 9.26 Å². The molecule has 6 nitrogen and oxygen atoms in total. The standard InChI is InChI=1S/C25H29N3O2S.C2H7N/c1-17-23(29-16-19-2-3-19)7-5-21-22(27-30-25(17)21)6-4-18-8-11-28(12-9-18)15-20-10-13-31-24(20)14-26;1-3-2/h5,7,10,13,18-19H,2-4,6,8-9,11-12,15-16H2,1H3;3H,1-2H3. The molecule has 0 bridgehead atoms. The van der Waals surface area contributed by atoms with Crippen LogP contribution in [0.2, 0.25) is 0 Å². The summed E-state index contributed by atoms with van der Waals surface area (Å²) in [5.74, 6) is 2.40. The van der Waals surface area contributed by atoms with Gasteiger partial charge in [-0.25, -0.2) is 0 Å². The molecule has 0 atom stereocenters. The molecule has 0 unspecified atom stereocenters. The van der Waals surface area contributed by atoms with Crippen LogP contribution in [-0.4, -0.2) is 43.8 Å². The lowest BCUT2D eigenvalue weighted by Gasteiger charge is -2.31. The second kappa shape index (κ2) is 11.8. The molecule has 0 amide bonds. The summed E-state index contributed by atoms with van der Waals surface area (Å²) < 4.78 is 11.7. The van der Waals surface area contributed by atoms with Gasteiger partial charge in [0.1, 0.15) is 16.7 Å². The first-order chi connectivity index (χ1) is 16.6. The third kappa shape index (κ3) is 6.18. The normalized spacial score (nSPS) is 16.8. The number of benzene rings is 1. The average Bonchev–Trinajstić information content (AvgIpc) is 3.41. The number of nitrogens with zero attached hydrogens (tertiary/aromatic N) is 3. The predicted octanol–water partition coefficient (Wildman–Crippen LogP) is 5.54. The maximum atomic E-state index is 9.22. The first-order valence-corrected chi connectivity index (χ1v) is 13.3. The zero-order valence-electron chi connectivity index (χ0n) is 20.6. The van der Waals surface area contributed by atoms with E-state index in [0.717, 1.165) is 83.8 Å². The van der Waals surface area contributed by atoms with Crippen molar-refractivity contribution in [2.75, 3.05) is 33.8 Å². The molecule has 3 aromatic rings. The molecule has 34 heavy (non-hydrogen) atoms. The number of aromatic nitrogens is 1. The largest absolute Gasteiger partial charge is 0.493 e. The van der Waals surface area contributed by atoms with Crippen LogP contribution >= 0.6 is 11.3 Å². The molecule has 1 aliphatic heterocycles. The highest BCUT2D eigenvalue weighted by atomic mass is 32.1. The van der Waals surface area contributed by atoms with Gasteiger partial charge in [-0.15, -0.1) is 11.3 Å². The van der Waals surface area contributed by atoms with Crippen molar-refractivity contribution in [2.45, 2.75) is 52.0 Å². The molecule has 0 spiro atoms. The number of hydrogen-bond acceptors (Lipinski definition) is 7. The number of hydrogen-bond donors (Lipinski definition) is 1. The third-order valence-corrected chi connectivity index (χ3v) is 7.69. The van der Waals surface area contributed by atoms with Gasteiger partial charge < -0.3 is 14.6 Å². The van der Waals surface area contributed by atoms with Crippen LogP contribution in [0.3, 0.4) is 0 Å². The van der Waals surface area contributed by atoms with Crippen LogP contribution in [0.4, 0.5) is 0 Å². The van der Waals surface area contributed by atoms with E-state index in [0.29, 0.717) is 0 Å². The van der Waals surface area contributed by atoms with Crippen molar-refractivity contribution in [3.8, 4) is 11.8 Å². The summed E-state index contributed by atoms with van der Waals surface area (Å²) in [7, 11) is 3.75. The molecule has 1 aliphatic carbocycles. The lowest BCUT2D eigenvalue weighted by molar-refractivity contribution is 0.172. The van der Waals surface area contributed by atoms with Crippen molar-refractivity contribution in [1.29, 1.82) is 5.26 Å². The summed E-state index contributed by atoms with van der Waals surface area (Å²) in [6.45, 7) is 5.99. The Morgan fingerprint density at radius 2 is 1.94 bits per heavy atom. The highest BCUT2D eigenvalue weighted by Crippen LogP contribution is 2.34. The van der Waals surface area contributed by atoms with Gasteiger partial charge in [0.25, 0.3) is 0 Å². The van der Waals surface area contributed by atoms with Crippen LogP contribution in [-0.2, 0) is 13.0 Å². The number of aryl methyl sites for hydroxylation is 2. The van der Waals surface area contributed by atoms with Crippen molar-refractivity contribution in [3.05, 3.63) is 45.3 Å². The fourth-order valence-corrected chi connectivity index (χ4v) is 5.28. The molecule has 7 heteroatoms. The van der Waals surface area contributed by atoms with E-state index in [-0.39, 0.29) is 0 Å². The van der Waals surface area contributed by atoms with Crippen LogP contribution in [0, 0.1) is 30.1 Å². The lowest BCUT2D eigenvalue weighted by Crippen LogP contribution is -2.33. The van der Waals surface area contributed by atoms with E-state index >= 15 is 0 Å². The monoisotopic (exact) mass is 480 g/mol. The Morgan fingerprint density at radius 3 is 2.65 bits per heavy atom. The summed E-state index contributed by atoms with van der Waals surface area (Å²) in [6, 6.07) is 8.61. The molecule has 5 rings (SSSR count). The van der Waals surface area contributed by atoms with Gasteiger partial charge >= 0.3 is 0 Å². The first-order valence-electron chi connectivity index (χ1n) is 12.4. The van der Waals surface area contributed by atoms with Gasteiger partial charge in [-0.1, -0.05) is 5.16 Å². The van der Waals surface area contributed by atoms with Crippen LogP contribution in [0.1, 0.15) is 53.8 Å². The van der Waals surface area contributed by atoms with E-state index in [1.807, 2.05) is 19.5 Å². The number of rotatable bonds is 8. The molecule has 2 aromatic heterocycles. The Balaban J connectivity index is 0.000000868. The average molecular weight is 481 g/mol. The molecule has 2 fully saturated rings. The maximum Gasteiger partial charge on any atom is 0.173 e. The lowest BCUT2D eigenvalue weighted by atomic mass is 9.91. The Bertz CT molecular complexity index is 1100. The molecule has 182 valence electrons. The number of ether oxygens (including phenoxy) is 1. The van der Waals surface area contributed by atoms with Crippen LogP contribution in [0.25, 0.3) is 11.0 Å². The van der Waals surface area contributed by atoms with Gasteiger partial charge in [-0.2, -0.15) is 5.26 Å². The zero-order valence-corrected chi connectivity index (χ0v) is 21.4. The van der Waals surface area contributed by atoms with E-state index < -0.39 is 0 Å². The van der Waals surface area contributed by atoms with Crippen LogP contribution < -0.4 is 10.1 Å². The van der Waals surface area contributed by atoms with Gasteiger partial charge in [0, 0.05) is 17.5 Å². The van der Waals surface area contributed by atoms with E-state index in [2.05, 4.69) is 46.6 Å². The summed E-state index contributed by atoms with van der Waals surface area (Å²) in [6.07, 6.45) is 7.11. The minimum absolute atomic E-state index is 0.725. The van der Waals surface area contributed by atoms with Crippen LogP contribution in [0.15, 0.2) is 28.1 Å². The number of nitriles is 1. The molecule has 1 saturated heterocycles. The number of nitrogens with one attached hydrogen (secondary N) is 1. The molecular formula is C27H36N4O2S. The topological polar surface area (TPSA) is 74.3 Å². The van der Waals surface area contributed by atoms with Crippen molar-refractivity contribution in [1.82, 2.24) is 15.4 Å². The molecule has 1 aromatic carbocycles. The van der Waals surface area contributed by atoms with Crippen molar-refractivity contribution >= 4 is 22.3 Å². The van der Waals surface area contributed by atoms with Crippen molar-refractivity contribution < 1.29 is 9.26 Å². The minimum Gasteiger partial charge on any atom is -0.493 e. The quantitative estimate of drug-likeness (QED) is 0.456. The summed E-state index contributed by atoms with van der Waals surface area (Å²) >= 11 is 1.54. The molecule has 2 aliphatic rings. The molecule has 0 radical (unpaired) electrons. The predicted molar refractivity (Wildman–Crippen MR) is 137 cm³/mol. The molecule has 1 N–H and O–H groups in total. The highest BCUT2D eigenvalue weighted by Gasteiger charge is 2.24. The zero-order chi connectivity index (χ0) is 23.9. The number of fused-ring (bicyclic) bond motifs is 1. The molecular weight excluding hydrogens is 444 g/mol. The summed E-state index contributed by atoms with van der Waals surface area (Å²) in [4.78, 5) is 3.34. The number of thiophene rings is 1. The first kappa shape index (κ1) is 24.7. The van der Waals surface area contributed by atoms with E-state index in [1.54, 1.807) is 11.3 Å². The second-order valence-corrected chi connectivity index (χ2v) is 10.5. The van der Waals surface area contributed by atoms with Gasteiger partial charge in [-0.3, -0.25) is 4.90 Å². The third-order valence-electron chi connectivity index (χ3n) is 6.82. The fraction of sp³-hybridized carbons (Fsp3) is 0.556. The maximum absolute atomic E-state index is 9.22. The molecule has 3 heterocycles. The fourth-order valence-electron chi connectivity index (χ4n) is 4.57. The van der Waals surface area contributed by atoms with Crippen LogP contribution in [0.5, 0.6) is 5.75 Å². The number of piperidine rings is 1. The van der Waals surface area contributed by atoms with E-state index in [9.17, 15) is 5.26 Å². The Kier molecular flexibility index (Phi) is 8.60. The van der Waals surface area contributed by atoms with Crippen molar-refractivity contribution in [2.24, 2.45) is 11.8 Å². The van der Waals surface area contributed by atoms with Gasteiger partial charge in [-0.05, 0) is 114 Å². The van der Waals surface area contributed by atoms with E-state index in [1.165, 1.54) is 31.2 Å². The summed E-state index contributed by atoms with van der Waals surface area (Å²) in [5.41, 5.74) is 4.19. The Labute approximate surface area is 206 Å². The SMILES string of the molecule is CNC.Cc1c(OCC2CC2)ccc2c(CCC3CCN(Cc4ccsc4C#N)CC3)noc12. The smallest absolute Gasteiger partial charge is 0.173 e. The second-order valence-electron chi connectivity index (χ2n) is 9.59. The summed E-state index contributed by atoms with van der Waals surface area (Å²) in [5, 5.41) is 19.5. The number of likely N-dealkylation sites (tertiary alicyclic amines) is 1. The molecule has 1 saturated carbocycles. The minimum atomic E-state index is 0.725. The Hall–Kier alpha value is -2.40. The van der Waals surface area contributed by atoms with Gasteiger partial charge in [0.05, 0.1) is 12.3 Å². The Morgan fingerprint density at radius 1 is 1.18 bits per heavy atom. The highest BCUT2D eigenvalue weighted by molar-refractivity contribution is 7.10. The van der Waals surface area contributed by atoms with Crippen molar-refractivity contribution in [3.63, 3.8) is 0 Å².